The molecule has 0 aliphatic rings. The molecule has 0 bridgehead atoms. The molecule has 0 saturated heterocycles. The molecule has 0 spiro atoms. The molecule has 0 aromatic heterocycles. The summed E-state index contributed by atoms with van der Waals surface area (Å²) in [5, 5.41) is 9.46. The Labute approximate surface area is 236 Å². The zero-order valence-corrected chi connectivity index (χ0v) is 25.5. The van der Waals surface area contributed by atoms with Crippen LogP contribution in [0.2, 0.25) is 0 Å². The van der Waals surface area contributed by atoms with Crippen molar-refractivity contribution >= 4 is 11.9 Å². The van der Waals surface area contributed by atoms with Gasteiger partial charge in [-0.3, -0.25) is 9.59 Å². The summed E-state index contributed by atoms with van der Waals surface area (Å²) < 4.78 is 10.5. The molecule has 1 unspecified atom stereocenters. The fourth-order valence-electron chi connectivity index (χ4n) is 4.85. The molecule has 0 saturated carbocycles. The SMILES string of the molecule is CCCCCCCCCCCCCCCCCCCC(=O)OC(CO)COC(=O)CCCCCCCCC. The molecule has 0 amide bonds. The summed E-state index contributed by atoms with van der Waals surface area (Å²) in [6.45, 7) is 4.09. The van der Waals surface area contributed by atoms with E-state index in [1.807, 2.05) is 0 Å². The maximum absolute atomic E-state index is 12.1. The van der Waals surface area contributed by atoms with Gasteiger partial charge >= 0.3 is 11.9 Å². The Morgan fingerprint density at radius 1 is 0.500 bits per heavy atom. The molecule has 1 N–H and O–H groups in total. The smallest absolute Gasteiger partial charge is 0.306 e. The van der Waals surface area contributed by atoms with Gasteiger partial charge in [0.05, 0.1) is 6.61 Å². The number of unbranched alkanes of at least 4 members (excludes halogenated alkanes) is 22. The topological polar surface area (TPSA) is 72.8 Å². The maximum Gasteiger partial charge on any atom is 0.306 e. The van der Waals surface area contributed by atoms with Crippen LogP contribution in [-0.2, 0) is 19.1 Å². The first-order valence-corrected chi connectivity index (χ1v) is 16.6. The van der Waals surface area contributed by atoms with E-state index in [9.17, 15) is 14.7 Å². The minimum atomic E-state index is -0.758. The molecule has 0 heterocycles. The quantitative estimate of drug-likeness (QED) is 0.0725. The standard InChI is InChI=1S/C33H64O5/c1-3-5-7-9-11-12-13-14-15-16-17-18-19-20-22-24-26-28-33(36)38-31(29-34)30-37-32(35)27-25-23-21-10-8-6-4-2/h31,34H,3-30H2,1-2H3. The molecule has 0 rings (SSSR count). The number of hydrogen-bond donors (Lipinski definition) is 1. The van der Waals surface area contributed by atoms with Crippen molar-refractivity contribution in [2.75, 3.05) is 13.2 Å². The summed E-state index contributed by atoms with van der Waals surface area (Å²) in [5.74, 6) is -0.589. The van der Waals surface area contributed by atoms with Crippen LogP contribution in [0.25, 0.3) is 0 Å². The molecule has 0 aliphatic heterocycles. The lowest BCUT2D eigenvalue weighted by Crippen LogP contribution is -2.28. The zero-order chi connectivity index (χ0) is 27.9. The van der Waals surface area contributed by atoms with Gasteiger partial charge in [0.2, 0.25) is 0 Å². The maximum atomic E-state index is 12.1. The Balaban J connectivity index is 3.49. The van der Waals surface area contributed by atoms with Crippen LogP contribution in [0.1, 0.15) is 181 Å². The van der Waals surface area contributed by atoms with Crippen LogP contribution >= 0.6 is 0 Å². The lowest BCUT2D eigenvalue weighted by Gasteiger charge is -2.15. The first-order chi connectivity index (χ1) is 18.6. The number of carbonyl (C=O) groups excluding carboxylic acids is 2. The van der Waals surface area contributed by atoms with Crippen molar-refractivity contribution in [3.05, 3.63) is 0 Å². The molecule has 5 nitrogen and oxygen atoms in total. The minimum absolute atomic E-state index is 0.0589. The summed E-state index contributed by atoms with van der Waals surface area (Å²) in [5.41, 5.74) is 0. The number of hydrogen-bond acceptors (Lipinski definition) is 5. The van der Waals surface area contributed by atoms with E-state index in [1.54, 1.807) is 0 Å². The summed E-state index contributed by atoms with van der Waals surface area (Å²) in [7, 11) is 0. The average Bonchev–Trinajstić information content (AvgIpc) is 2.92. The van der Waals surface area contributed by atoms with Crippen molar-refractivity contribution < 1.29 is 24.2 Å². The van der Waals surface area contributed by atoms with E-state index in [-0.39, 0.29) is 25.2 Å². The van der Waals surface area contributed by atoms with Gasteiger partial charge in [-0.05, 0) is 12.8 Å². The van der Waals surface area contributed by atoms with Gasteiger partial charge in [0.1, 0.15) is 6.61 Å². The minimum Gasteiger partial charge on any atom is -0.462 e. The summed E-state index contributed by atoms with van der Waals surface area (Å²) in [6, 6.07) is 0. The number of aliphatic hydroxyl groups is 1. The first kappa shape index (κ1) is 36.9. The van der Waals surface area contributed by atoms with Crippen molar-refractivity contribution in [2.24, 2.45) is 0 Å². The Bertz CT molecular complexity index is 508. The third-order valence-corrected chi connectivity index (χ3v) is 7.40. The molecule has 226 valence electrons. The molecular weight excluding hydrogens is 476 g/mol. The van der Waals surface area contributed by atoms with Crippen LogP contribution in [0.4, 0.5) is 0 Å². The van der Waals surface area contributed by atoms with Crippen LogP contribution in [0, 0.1) is 0 Å². The monoisotopic (exact) mass is 540 g/mol. The number of esters is 2. The zero-order valence-electron chi connectivity index (χ0n) is 25.5. The van der Waals surface area contributed by atoms with Gasteiger partial charge < -0.3 is 14.6 Å². The second kappa shape index (κ2) is 30.4. The van der Waals surface area contributed by atoms with Crippen molar-refractivity contribution in [3.63, 3.8) is 0 Å². The van der Waals surface area contributed by atoms with Crippen LogP contribution in [0.3, 0.4) is 0 Å². The Morgan fingerprint density at radius 2 is 0.816 bits per heavy atom. The Kier molecular flexibility index (Phi) is 29.6. The summed E-state index contributed by atoms with van der Waals surface area (Å²) >= 11 is 0. The third-order valence-electron chi connectivity index (χ3n) is 7.40. The van der Waals surface area contributed by atoms with Gasteiger partial charge in [0.25, 0.3) is 0 Å². The lowest BCUT2D eigenvalue weighted by atomic mass is 10.0. The fraction of sp³-hybridized carbons (Fsp3) is 0.939. The van der Waals surface area contributed by atoms with Gasteiger partial charge in [0, 0.05) is 12.8 Å². The van der Waals surface area contributed by atoms with E-state index in [0.717, 1.165) is 38.5 Å². The van der Waals surface area contributed by atoms with Gasteiger partial charge in [-0.25, -0.2) is 0 Å². The third kappa shape index (κ3) is 27.9. The number of aliphatic hydroxyl groups excluding tert-OH is 1. The number of rotatable bonds is 30. The molecule has 5 heteroatoms. The normalized spacial score (nSPS) is 12.0. The van der Waals surface area contributed by atoms with Crippen LogP contribution in [0.15, 0.2) is 0 Å². The van der Waals surface area contributed by atoms with Crippen molar-refractivity contribution in [1.82, 2.24) is 0 Å². The van der Waals surface area contributed by atoms with Gasteiger partial charge in [0.15, 0.2) is 6.10 Å². The molecule has 0 aromatic carbocycles. The Morgan fingerprint density at radius 3 is 1.16 bits per heavy atom. The van der Waals surface area contributed by atoms with Crippen LogP contribution in [0.5, 0.6) is 0 Å². The van der Waals surface area contributed by atoms with Gasteiger partial charge in [-0.15, -0.1) is 0 Å². The molecule has 38 heavy (non-hydrogen) atoms. The number of ether oxygens (including phenoxy) is 2. The highest BCUT2D eigenvalue weighted by atomic mass is 16.6. The highest BCUT2D eigenvalue weighted by Crippen LogP contribution is 2.15. The second-order valence-corrected chi connectivity index (χ2v) is 11.3. The summed E-state index contributed by atoms with van der Waals surface area (Å²) in [4.78, 5) is 23.9. The second-order valence-electron chi connectivity index (χ2n) is 11.3. The van der Waals surface area contributed by atoms with E-state index in [0.29, 0.717) is 12.8 Å². The average molecular weight is 541 g/mol. The predicted octanol–water partition coefficient (Wildman–Crippen LogP) is 9.62. The van der Waals surface area contributed by atoms with Crippen molar-refractivity contribution in [2.45, 2.75) is 187 Å². The lowest BCUT2D eigenvalue weighted by molar-refractivity contribution is -0.161. The first-order valence-electron chi connectivity index (χ1n) is 16.6. The fourth-order valence-corrected chi connectivity index (χ4v) is 4.85. The summed E-state index contributed by atoms with van der Waals surface area (Å²) in [6.07, 6.45) is 30.3. The number of carbonyl (C=O) groups is 2. The van der Waals surface area contributed by atoms with E-state index in [4.69, 9.17) is 9.47 Å². The van der Waals surface area contributed by atoms with Gasteiger partial charge in [-0.2, -0.15) is 0 Å². The molecule has 0 radical (unpaired) electrons. The van der Waals surface area contributed by atoms with Gasteiger partial charge in [-0.1, -0.05) is 155 Å². The highest BCUT2D eigenvalue weighted by molar-refractivity contribution is 5.70. The molecule has 0 aromatic rings. The van der Waals surface area contributed by atoms with Crippen molar-refractivity contribution in [1.29, 1.82) is 0 Å². The largest absolute Gasteiger partial charge is 0.462 e. The van der Waals surface area contributed by atoms with E-state index < -0.39 is 6.10 Å². The molecule has 0 aliphatic carbocycles. The van der Waals surface area contributed by atoms with Crippen molar-refractivity contribution in [3.8, 4) is 0 Å². The van der Waals surface area contributed by atoms with E-state index >= 15 is 0 Å². The highest BCUT2D eigenvalue weighted by Gasteiger charge is 2.16. The van der Waals surface area contributed by atoms with Crippen LogP contribution in [-0.4, -0.2) is 36.4 Å². The molecule has 0 fully saturated rings. The molecule has 1 atom stereocenters. The predicted molar refractivity (Wildman–Crippen MR) is 159 cm³/mol. The molecular formula is C33H64O5. The Hall–Kier alpha value is -1.10. The van der Waals surface area contributed by atoms with E-state index in [1.165, 1.54) is 116 Å². The van der Waals surface area contributed by atoms with E-state index in [2.05, 4.69) is 13.8 Å². The van der Waals surface area contributed by atoms with Crippen LogP contribution < -0.4 is 0 Å².